The highest BCUT2D eigenvalue weighted by atomic mass is 16.1. The minimum Gasteiger partial charge on any atom is -0.355 e. The van der Waals surface area contributed by atoms with E-state index in [4.69, 9.17) is 5.73 Å². The van der Waals surface area contributed by atoms with E-state index in [0.29, 0.717) is 5.92 Å². The van der Waals surface area contributed by atoms with Crippen molar-refractivity contribution in [2.45, 2.75) is 26.3 Å². The van der Waals surface area contributed by atoms with Gasteiger partial charge in [-0.1, -0.05) is 44.2 Å². The molecule has 1 heterocycles. The lowest BCUT2D eigenvalue weighted by atomic mass is 9.94. The SMILES string of the molecule is CCN1CCC(CNC(=O)C(C)C(N)c2ccccc2)C1. The van der Waals surface area contributed by atoms with Crippen LogP contribution in [0.5, 0.6) is 0 Å². The molecule has 0 aromatic heterocycles. The van der Waals surface area contributed by atoms with E-state index in [0.717, 1.165) is 31.7 Å². The van der Waals surface area contributed by atoms with Crippen LogP contribution in [0.25, 0.3) is 0 Å². The van der Waals surface area contributed by atoms with Crippen LogP contribution in [0, 0.1) is 11.8 Å². The normalized spacial score (nSPS) is 22.0. The summed E-state index contributed by atoms with van der Waals surface area (Å²) in [6.45, 7) is 8.19. The average Bonchev–Trinajstić information content (AvgIpc) is 3.00. The molecule has 0 radical (unpaired) electrons. The highest BCUT2D eigenvalue weighted by Crippen LogP contribution is 2.20. The van der Waals surface area contributed by atoms with Crippen molar-refractivity contribution in [1.29, 1.82) is 0 Å². The molecule has 4 nitrogen and oxygen atoms in total. The number of nitrogens with two attached hydrogens (primary N) is 1. The van der Waals surface area contributed by atoms with Gasteiger partial charge in [0.15, 0.2) is 0 Å². The molecule has 4 heteroatoms. The van der Waals surface area contributed by atoms with Crippen LogP contribution < -0.4 is 11.1 Å². The Morgan fingerprint density at radius 1 is 1.43 bits per heavy atom. The van der Waals surface area contributed by atoms with Gasteiger partial charge in [-0.2, -0.15) is 0 Å². The van der Waals surface area contributed by atoms with Gasteiger partial charge in [0.25, 0.3) is 0 Å². The number of benzene rings is 1. The van der Waals surface area contributed by atoms with Crippen molar-refractivity contribution in [3.8, 4) is 0 Å². The van der Waals surface area contributed by atoms with Gasteiger partial charge in [0.2, 0.25) is 5.91 Å². The number of likely N-dealkylation sites (tertiary alicyclic amines) is 1. The predicted molar refractivity (Wildman–Crippen MR) is 85.8 cm³/mol. The minimum absolute atomic E-state index is 0.0568. The van der Waals surface area contributed by atoms with E-state index in [2.05, 4.69) is 17.1 Å². The fourth-order valence-electron chi connectivity index (χ4n) is 2.90. The van der Waals surface area contributed by atoms with Crippen molar-refractivity contribution in [3.63, 3.8) is 0 Å². The standard InChI is InChI=1S/C17H27N3O/c1-3-20-10-9-14(12-20)11-19-17(21)13(2)16(18)15-7-5-4-6-8-15/h4-8,13-14,16H,3,9-12,18H2,1-2H3,(H,19,21). The van der Waals surface area contributed by atoms with Gasteiger partial charge in [-0.25, -0.2) is 0 Å². The first-order valence-corrected chi connectivity index (χ1v) is 7.92. The van der Waals surface area contributed by atoms with Gasteiger partial charge in [0.05, 0.1) is 5.92 Å². The zero-order chi connectivity index (χ0) is 15.2. The molecule has 1 aromatic carbocycles. The number of carbonyl (C=O) groups excluding carboxylic acids is 1. The topological polar surface area (TPSA) is 58.4 Å². The van der Waals surface area contributed by atoms with E-state index in [-0.39, 0.29) is 17.9 Å². The second-order valence-corrected chi connectivity index (χ2v) is 6.02. The molecule has 0 saturated carbocycles. The average molecular weight is 289 g/mol. The van der Waals surface area contributed by atoms with Crippen molar-refractivity contribution >= 4 is 5.91 Å². The zero-order valence-electron chi connectivity index (χ0n) is 13.1. The first kappa shape index (κ1) is 16.0. The van der Waals surface area contributed by atoms with Gasteiger partial charge in [0, 0.05) is 19.1 Å². The molecule has 0 spiro atoms. The van der Waals surface area contributed by atoms with Crippen molar-refractivity contribution in [1.82, 2.24) is 10.2 Å². The van der Waals surface area contributed by atoms with E-state index in [9.17, 15) is 4.79 Å². The molecular weight excluding hydrogens is 262 g/mol. The summed E-state index contributed by atoms with van der Waals surface area (Å²) in [6.07, 6.45) is 1.17. The second kappa shape index (κ2) is 7.57. The summed E-state index contributed by atoms with van der Waals surface area (Å²) in [5.74, 6) is 0.423. The Bertz CT molecular complexity index is 449. The molecule has 3 unspecified atom stereocenters. The molecule has 21 heavy (non-hydrogen) atoms. The van der Waals surface area contributed by atoms with Crippen LogP contribution in [-0.4, -0.2) is 37.0 Å². The summed E-state index contributed by atoms with van der Waals surface area (Å²) in [4.78, 5) is 14.7. The molecule has 1 saturated heterocycles. The summed E-state index contributed by atoms with van der Waals surface area (Å²) in [7, 11) is 0. The monoisotopic (exact) mass is 289 g/mol. The smallest absolute Gasteiger partial charge is 0.224 e. The summed E-state index contributed by atoms with van der Waals surface area (Å²) >= 11 is 0. The molecule has 3 atom stereocenters. The van der Waals surface area contributed by atoms with Gasteiger partial charge >= 0.3 is 0 Å². The third-order valence-corrected chi connectivity index (χ3v) is 4.52. The maximum atomic E-state index is 12.3. The first-order valence-electron chi connectivity index (χ1n) is 7.92. The summed E-state index contributed by atoms with van der Waals surface area (Å²) in [5, 5.41) is 3.07. The second-order valence-electron chi connectivity index (χ2n) is 6.02. The predicted octanol–water partition coefficient (Wildman–Crippen LogP) is 1.78. The van der Waals surface area contributed by atoms with Crippen LogP contribution in [0.3, 0.4) is 0 Å². The number of hydrogen-bond acceptors (Lipinski definition) is 3. The van der Waals surface area contributed by atoms with Crippen LogP contribution in [0.1, 0.15) is 31.9 Å². The number of amides is 1. The number of nitrogens with one attached hydrogen (secondary N) is 1. The van der Waals surface area contributed by atoms with Gasteiger partial charge in [-0.15, -0.1) is 0 Å². The van der Waals surface area contributed by atoms with Crippen molar-refractivity contribution in [3.05, 3.63) is 35.9 Å². The van der Waals surface area contributed by atoms with E-state index >= 15 is 0 Å². The van der Waals surface area contributed by atoms with Crippen molar-refractivity contribution in [2.24, 2.45) is 17.6 Å². The largest absolute Gasteiger partial charge is 0.355 e. The molecule has 2 rings (SSSR count). The molecule has 1 aliphatic heterocycles. The third-order valence-electron chi connectivity index (χ3n) is 4.52. The molecule has 1 aromatic rings. The Morgan fingerprint density at radius 3 is 2.76 bits per heavy atom. The third kappa shape index (κ3) is 4.29. The lowest BCUT2D eigenvalue weighted by Gasteiger charge is -2.21. The summed E-state index contributed by atoms with van der Waals surface area (Å²) < 4.78 is 0. The zero-order valence-corrected chi connectivity index (χ0v) is 13.1. The van der Waals surface area contributed by atoms with Crippen LogP contribution in [0.4, 0.5) is 0 Å². The van der Waals surface area contributed by atoms with E-state index in [1.165, 1.54) is 6.42 Å². The lowest BCUT2D eigenvalue weighted by Crippen LogP contribution is -2.38. The molecule has 1 aliphatic rings. The van der Waals surface area contributed by atoms with Crippen molar-refractivity contribution < 1.29 is 4.79 Å². The van der Waals surface area contributed by atoms with Gasteiger partial charge in [-0.05, 0) is 31.0 Å². The quantitative estimate of drug-likeness (QED) is 0.839. The van der Waals surface area contributed by atoms with Crippen LogP contribution in [0.2, 0.25) is 0 Å². The molecule has 3 N–H and O–H groups in total. The number of rotatable bonds is 6. The van der Waals surface area contributed by atoms with Crippen LogP contribution in [0.15, 0.2) is 30.3 Å². The first-order chi connectivity index (χ1) is 10.1. The van der Waals surface area contributed by atoms with E-state index < -0.39 is 0 Å². The number of carbonyl (C=O) groups is 1. The molecule has 116 valence electrons. The van der Waals surface area contributed by atoms with Crippen LogP contribution >= 0.6 is 0 Å². The van der Waals surface area contributed by atoms with Crippen LogP contribution in [-0.2, 0) is 4.79 Å². The maximum absolute atomic E-state index is 12.3. The Balaban J connectivity index is 1.80. The molecular formula is C17H27N3O. The number of nitrogens with zero attached hydrogens (tertiary/aromatic N) is 1. The Morgan fingerprint density at radius 2 is 2.14 bits per heavy atom. The van der Waals surface area contributed by atoms with Gasteiger partial charge < -0.3 is 16.0 Å². The number of hydrogen-bond donors (Lipinski definition) is 2. The highest BCUT2D eigenvalue weighted by molar-refractivity contribution is 5.79. The molecule has 0 bridgehead atoms. The van der Waals surface area contributed by atoms with Crippen molar-refractivity contribution in [2.75, 3.05) is 26.2 Å². The molecule has 1 amide bonds. The lowest BCUT2D eigenvalue weighted by molar-refractivity contribution is -0.125. The molecule has 1 fully saturated rings. The summed E-state index contributed by atoms with van der Waals surface area (Å²) in [6, 6.07) is 9.58. The summed E-state index contributed by atoms with van der Waals surface area (Å²) in [5.41, 5.74) is 7.21. The van der Waals surface area contributed by atoms with E-state index in [1.54, 1.807) is 0 Å². The maximum Gasteiger partial charge on any atom is 0.224 e. The van der Waals surface area contributed by atoms with Gasteiger partial charge in [-0.3, -0.25) is 4.79 Å². The van der Waals surface area contributed by atoms with Gasteiger partial charge in [0.1, 0.15) is 0 Å². The minimum atomic E-state index is -0.248. The fraction of sp³-hybridized carbons (Fsp3) is 0.588. The molecule has 0 aliphatic carbocycles. The Hall–Kier alpha value is -1.39. The highest BCUT2D eigenvalue weighted by Gasteiger charge is 2.25. The Labute approximate surface area is 127 Å². The van der Waals surface area contributed by atoms with E-state index in [1.807, 2.05) is 37.3 Å². The Kier molecular flexibility index (Phi) is 5.76. The fourth-order valence-corrected chi connectivity index (χ4v) is 2.90.